The highest BCUT2D eigenvalue weighted by Crippen LogP contribution is 2.24. The zero-order valence-corrected chi connectivity index (χ0v) is 16.0. The Morgan fingerprint density at radius 2 is 2.07 bits per heavy atom. The number of rotatable bonds is 5. The summed E-state index contributed by atoms with van der Waals surface area (Å²) in [5.41, 5.74) is 3.40. The van der Waals surface area contributed by atoms with Crippen LogP contribution in [0.4, 0.5) is 0 Å². The molecule has 0 bridgehead atoms. The lowest BCUT2D eigenvalue weighted by atomic mass is 9.90. The summed E-state index contributed by atoms with van der Waals surface area (Å²) in [6.07, 6.45) is 5.30. The van der Waals surface area contributed by atoms with E-state index in [1.165, 1.54) is 12.0 Å². The van der Waals surface area contributed by atoms with Crippen LogP contribution >= 0.6 is 0 Å². The first-order chi connectivity index (χ1) is 13.0. The minimum atomic E-state index is -3.66. The molecule has 2 aromatic carbocycles. The fourth-order valence-electron chi connectivity index (χ4n) is 3.99. The van der Waals surface area contributed by atoms with Gasteiger partial charge in [-0.2, -0.15) is 5.10 Å². The Morgan fingerprint density at radius 3 is 2.93 bits per heavy atom. The molecule has 0 spiro atoms. The number of H-pyrrole nitrogens is 1. The smallest absolute Gasteiger partial charge is 0.238 e. The van der Waals surface area contributed by atoms with Crippen LogP contribution in [-0.2, 0) is 23.0 Å². The van der Waals surface area contributed by atoms with Gasteiger partial charge in [-0.15, -0.1) is 0 Å². The van der Waals surface area contributed by atoms with Crippen LogP contribution in [-0.4, -0.2) is 36.6 Å². The van der Waals surface area contributed by atoms with Gasteiger partial charge in [0.1, 0.15) is 0 Å². The number of sulfonamides is 1. The highest BCUT2D eigenvalue weighted by atomic mass is 32.2. The Kier molecular flexibility index (Phi) is 4.99. The van der Waals surface area contributed by atoms with Gasteiger partial charge >= 0.3 is 0 Å². The van der Waals surface area contributed by atoms with Gasteiger partial charge in [0.05, 0.1) is 16.6 Å². The molecule has 0 saturated carbocycles. The second-order valence-electron chi connectivity index (χ2n) is 7.43. The van der Waals surface area contributed by atoms with Gasteiger partial charge in [-0.3, -0.25) is 10.00 Å². The number of aromatic amines is 1. The first kappa shape index (κ1) is 18.2. The Bertz CT molecular complexity index is 1040. The molecular formula is C20H24N4O2S. The van der Waals surface area contributed by atoms with Crippen LogP contribution in [0.5, 0.6) is 0 Å². The van der Waals surface area contributed by atoms with Crippen LogP contribution < -0.4 is 5.14 Å². The van der Waals surface area contributed by atoms with Crippen molar-refractivity contribution in [2.75, 3.05) is 13.1 Å². The maximum Gasteiger partial charge on any atom is 0.238 e. The monoisotopic (exact) mass is 384 g/mol. The maximum atomic E-state index is 11.6. The van der Waals surface area contributed by atoms with E-state index in [1.807, 2.05) is 12.3 Å². The van der Waals surface area contributed by atoms with Crippen molar-refractivity contribution in [3.8, 4) is 0 Å². The largest absolute Gasteiger partial charge is 0.299 e. The number of hydrogen-bond acceptors (Lipinski definition) is 4. The van der Waals surface area contributed by atoms with Gasteiger partial charge in [0.25, 0.3) is 0 Å². The van der Waals surface area contributed by atoms with Crippen LogP contribution in [0.15, 0.2) is 53.6 Å². The molecule has 0 amide bonds. The number of nitrogens with one attached hydrogen (secondary N) is 1. The van der Waals surface area contributed by atoms with Crippen LogP contribution in [0.25, 0.3) is 10.9 Å². The van der Waals surface area contributed by atoms with E-state index in [0.717, 1.165) is 48.9 Å². The van der Waals surface area contributed by atoms with E-state index in [4.69, 9.17) is 5.14 Å². The van der Waals surface area contributed by atoms with Crippen molar-refractivity contribution >= 4 is 20.9 Å². The lowest BCUT2D eigenvalue weighted by molar-refractivity contribution is 0.167. The van der Waals surface area contributed by atoms with E-state index in [-0.39, 0.29) is 4.90 Å². The summed E-state index contributed by atoms with van der Waals surface area (Å²) in [6, 6.07) is 13.4. The topological polar surface area (TPSA) is 92.1 Å². The molecule has 1 saturated heterocycles. The molecule has 1 aliphatic rings. The number of fused-ring (bicyclic) bond motifs is 1. The van der Waals surface area contributed by atoms with E-state index in [9.17, 15) is 8.42 Å². The highest BCUT2D eigenvalue weighted by molar-refractivity contribution is 7.89. The molecule has 0 radical (unpaired) electrons. The fraction of sp³-hybridized carbons (Fsp3) is 0.350. The van der Waals surface area contributed by atoms with Gasteiger partial charge in [0.2, 0.25) is 10.0 Å². The zero-order chi connectivity index (χ0) is 18.9. The molecule has 6 nitrogen and oxygen atoms in total. The second kappa shape index (κ2) is 7.42. The van der Waals surface area contributed by atoms with E-state index >= 15 is 0 Å². The molecule has 142 valence electrons. The fourth-order valence-corrected chi connectivity index (χ4v) is 4.58. The number of benzene rings is 2. The van der Waals surface area contributed by atoms with E-state index in [0.29, 0.717) is 5.92 Å². The van der Waals surface area contributed by atoms with Gasteiger partial charge in [-0.1, -0.05) is 18.2 Å². The second-order valence-corrected chi connectivity index (χ2v) is 8.99. The first-order valence-corrected chi connectivity index (χ1v) is 10.8. The molecule has 1 aliphatic heterocycles. The summed E-state index contributed by atoms with van der Waals surface area (Å²) < 4.78 is 23.1. The molecule has 4 rings (SSSR count). The Hall–Kier alpha value is -2.22. The van der Waals surface area contributed by atoms with Crippen molar-refractivity contribution in [2.45, 2.75) is 30.7 Å². The summed E-state index contributed by atoms with van der Waals surface area (Å²) in [5, 5.41) is 13.5. The number of aromatic nitrogens is 2. The molecule has 0 unspecified atom stereocenters. The molecular weight excluding hydrogens is 360 g/mol. The molecule has 3 N–H and O–H groups in total. The standard InChI is InChI=1S/C20H24N4O2S/c21-27(25,26)19-5-1-3-17(11-19)14-24-8-2-4-16(13-24)9-15-6-7-20-18(10-15)12-22-23-20/h1,3,5-7,10-12,16H,2,4,8-9,13-14H2,(H,22,23)(H2,21,25,26)/t16-/m0/s1. The first-order valence-electron chi connectivity index (χ1n) is 9.23. The lowest BCUT2D eigenvalue weighted by Crippen LogP contribution is -2.35. The molecule has 3 aromatic rings. The van der Waals surface area contributed by atoms with E-state index in [1.54, 1.807) is 18.2 Å². The van der Waals surface area contributed by atoms with Gasteiger partial charge in [0, 0.05) is 18.5 Å². The maximum absolute atomic E-state index is 11.6. The van der Waals surface area contributed by atoms with Crippen molar-refractivity contribution in [1.82, 2.24) is 15.1 Å². The van der Waals surface area contributed by atoms with Crippen molar-refractivity contribution in [3.63, 3.8) is 0 Å². The molecule has 0 aliphatic carbocycles. The summed E-state index contributed by atoms with van der Waals surface area (Å²) in [5.74, 6) is 0.601. The normalized spacial score (nSPS) is 18.8. The molecule has 1 atom stereocenters. The summed E-state index contributed by atoms with van der Waals surface area (Å²) in [7, 11) is -3.66. The van der Waals surface area contributed by atoms with Crippen molar-refractivity contribution in [1.29, 1.82) is 0 Å². The number of piperidine rings is 1. The van der Waals surface area contributed by atoms with E-state index < -0.39 is 10.0 Å². The number of nitrogens with two attached hydrogens (primary N) is 1. The number of nitrogens with zero attached hydrogens (tertiary/aromatic N) is 2. The summed E-state index contributed by atoms with van der Waals surface area (Å²) in [6.45, 7) is 2.81. The third-order valence-electron chi connectivity index (χ3n) is 5.27. The lowest BCUT2D eigenvalue weighted by Gasteiger charge is -2.33. The molecule has 27 heavy (non-hydrogen) atoms. The third-order valence-corrected chi connectivity index (χ3v) is 6.18. The molecule has 1 aromatic heterocycles. The highest BCUT2D eigenvalue weighted by Gasteiger charge is 2.21. The third kappa shape index (κ3) is 4.37. The summed E-state index contributed by atoms with van der Waals surface area (Å²) >= 11 is 0. The van der Waals surface area contributed by atoms with Crippen LogP contribution in [0, 0.1) is 5.92 Å². The van der Waals surface area contributed by atoms with Crippen LogP contribution in [0.1, 0.15) is 24.0 Å². The Morgan fingerprint density at radius 1 is 1.19 bits per heavy atom. The van der Waals surface area contributed by atoms with Gasteiger partial charge in [-0.25, -0.2) is 13.6 Å². The number of primary sulfonamides is 1. The van der Waals surface area contributed by atoms with Crippen molar-refractivity contribution in [3.05, 3.63) is 59.8 Å². The van der Waals surface area contributed by atoms with Gasteiger partial charge in [0.15, 0.2) is 0 Å². The summed E-state index contributed by atoms with van der Waals surface area (Å²) in [4.78, 5) is 2.59. The quantitative estimate of drug-likeness (QED) is 0.707. The Balaban J connectivity index is 1.42. The van der Waals surface area contributed by atoms with Crippen molar-refractivity contribution in [2.24, 2.45) is 11.1 Å². The van der Waals surface area contributed by atoms with Crippen LogP contribution in [0.3, 0.4) is 0 Å². The van der Waals surface area contributed by atoms with Crippen molar-refractivity contribution < 1.29 is 8.42 Å². The predicted octanol–water partition coefficient (Wildman–Crippen LogP) is 2.67. The average molecular weight is 385 g/mol. The SMILES string of the molecule is NS(=O)(=O)c1cccc(CN2CCC[C@@H](Cc3ccc4[nH]ncc4c3)C2)c1. The zero-order valence-electron chi connectivity index (χ0n) is 15.1. The minimum Gasteiger partial charge on any atom is -0.299 e. The number of likely N-dealkylation sites (tertiary alicyclic amines) is 1. The molecule has 7 heteroatoms. The number of hydrogen-bond donors (Lipinski definition) is 2. The van der Waals surface area contributed by atoms with E-state index in [2.05, 4.69) is 33.3 Å². The average Bonchev–Trinajstić information content (AvgIpc) is 3.09. The van der Waals surface area contributed by atoms with Gasteiger partial charge < -0.3 is 0 Å². The Labute approximate surface area is 159 Å². The molecule has 1 fully saturated rings. The predicted molar refractivity (Wildman–Crippen MR) is 106 cm³/mol. The van der Waals surface area contributed by atoms with Crippen LogP contribution in [0.2, 0.25) is 0 Å². The minimum absolute atomic E-state index is 0.182. The van der Waals surface area contributed by atoms with Gasteiger partial charge in [-0.05, 0) is 67.1 Å². The molecule has 2 heterocycles.